The van der Waals surface area contributed by atoms with Crippen LogP contribution in [0.15, 0.2) is 28.7 Å². The van der Waals surface area contributed by atoms with Crippen molar-refractivity contribution in [3.05, 3.63) is 40.4 Å². The van der Waals surface area contributed by atoms with E-state index in [-0.39, 0.29) is 10.8 Å². The van der Waals surface area contributed by atoms with Crippen LogP contribution in [0.3, 0.4) is 0 Å². The van der Waals surface area contributed by atoms with Gasteiger partial charge in [-0.3, -0.25) is 0 Å². The van der Waals surface area contributed by atoms with E-state index in [4.69, 9.17) is 0 Å². The smallest absolute Gasteiger partial charge is 0.209 e. The predicted molar refractivity (Wildman–Crippen MR) is 94.9 cm³/mol. The van der Waals surface area contributed by atoms with Gasteiger partial charge in [0, 0.05) is 28.9 Å². The van der Waals surface area contributed by atoms with Crippen LogP contribution in [0.2, 0.25) is 0 Å². The van der Waals surface area contributed by atoms with Crippen LogP contribution in [0.1, 0.15) is 58.2 Å². The summed E-state index contributed by atoms with van der Waals surface area (Å²) in [7, 11) is 0. The van der Waals surface area contributed by atoms with E-state index in [0.717, 1.165) is 11.1 Å². The molecule has 3 nitrogen and oxygen atoms in total. The van der Waals surface area contributed by atoms with Gasteiger partial charge in [0.1, 0.15) is 5.75 Å². The largest absolute Gasteiger partial charge is 0.507 e. The van der Waals surface area contributed by atoms with Crippen molar-refractivity contribution in [2.45, 2.75) is 52.4 Å². The van der Waals surface area contributed by atoms with Gasteiger partial charge < -0.3 is 5.11 Å². The molecule has 4 heteroatoms. The SMILES string of the molecule is CC(C)(C)c1cc(C=Nc2nccs2)c(O)c(C(C)(C)C)c1. The monoisotopic (exact) mass is 316 g/mol. The highest BCUT2D eigenvalue weighted by atomic mass is 32.1. The number of aromatic nitrogens is 1. The zero-order chi connectivity index (χ0) is 16.5. The topological polar surface area (TPSA) is 45.5 Å². The molecule has 0 spiro atoms. The Hall–Kier alpha value is -1.68. The van der Waals surface area contributed by atoms with Crippen molar-refractivity contribution < 1.29 is 5.11 Å². The lowest BCUT2D eigenvalue weighted by Gasteiger charge is -2.26. The summed E-state index contributed by atoms with van der Waals surface area (Å²) in [5.74, 6) is 0.306. The molecule has 0 aliphatic carbocycles. The second-order valence-electron chi connectivity index (χ2n) is 7.53. The van der Waals surface area contributed by atoms with Crippen molar-refractivity contribution >= 4 is 22.7 Å². The van der Waals surface area contributed by atoms with E-state index in [1.807, 2.05) is 11.4 Å². The fourth-order valence-corrected chi connectivity index (χ4v) is 2.64. The number of benzene rings is 1. The fraction of sp³-hybridized carbons (Fsp3) is 0.444. The molecular weight excluding hydrogens is 292 g/mol. The molecule has 1 aromatic carbocycles. The van der Waals surface area contributed by atoms with Crippen molar-refractivity contribution in [1.29, 1.82) is 0 Å². The number of phenols is 1. The van der Waals surface area contributed by atoms with Crippen LogP contribution < -0.4 is 0 Å². The highest BCUT2D eigenvalue weighted by Gasteiger charge is 2.24. The quantitative estimate of drug-likeness (QED) is 0.774. The van der Waals surface area contributed by atoms with Crippen LogP contribution in [-0.4, -0.2) is 16.3 Å². The summed E-state index contributed by atoms with van der Waals surface area (Å²) in [5.41, 5.74) is 2.76. The number of phenolic OH excluding ortho intramolecular Hbond substituents is 1. The Bertz CT molecular complexity index is 674. The molecule has 0 unspecified atom stereocenters. The maximum atomic E-state index is 10.6. The maximum Gasteiger partial charge on any atom is 0.209 e. The number of hydrogen-bond acceptors (Lipinski definition) is 4. The summed E-state index contributed by atoms with van der Waals surface area (Å²) < 4.78 is 0. The lowest BCUT2D eigenvalue weighted by molar-refractivity contribution is 0.444. The Kier molecular flexibility index (Phi) is 4.43. The van der Waals surface area contributed by atoms with Crippen LogP contribution in [0, 0.1) is 0 Å². The first-order chi connectivity index (χ1) is 10.1. The molecule has 0 saturated carbocycles. The van der Waals surface area contributed by atoms with Crippen LogP contribution in [-0.2, 0) is 10.8 Å². The molecule has 0 aliphatic heterocycles. The standard InChI is InChI=1S/C18H24N2OS/c1-17(2,3)13-9-12(11-20-16-19-7-8-22-16)15(21)14(10-13)18(4,5)6/h7-11,21H,1-6H3. The molecule has 0 amide bonds. The van der Waals surface area contributed by atoms with Crippen LogP contribution in [0.4, 0.5) is 5.13 Å². The molecule has 1 N–H and O–H groups in total. The second kappa shape index (κ2) is 5.84. The van der Waals surface area contributed by atoms with E-state index < -0.39 is 0 Å². The summed E-state index contributed by atoms with van der Waals surface area (Å²) in [5, 5.41) is 13.2. The van der Waals surface area contributed by atoms with Gasteiger partial charge in [0.15, 0.2) is 0 Å². The average molecular weight is 316 g/mol. The molecule has 0 bridgehead atoms. The molecule has 0 radical (unpaired) electrons. The highest BCUT2D eigenvalue weighted by molar-refractivity contribution is 7.13. The van der Waals surface area contributed by atoms with Gasteiger partial charge in [-0.1, -0.05) is 47.6 Å². The molecule has 1 heterocycles. The molecule has 2 aromatic rings. The number of hydrogen-bond donors (Lipinski definition) is 1. The Morgan fingerprint density at radius 1 is 1.09 bits per heavy atom. The van der Waals surface area contributed by atoms with E-state index >= 15 is 0 Å². The molecule has 0 atom stereocenters. The van der Waals surface area contributed by atoms with Gasteiger partial charge >= 0.3 is 0 Å². The maximum absolute atomic E-state index is 10.6. The molecule has 22 heavy (non-hydrogen) atoms. The molecule has 0 fully saturated rings. The summed E-state index contributed by atoms with van der Waals surface area (Å²) in [4.78, 5) is 8.51. The zero-order valence-corrected chi connectivity index (χ0v) is 15.0. The van der Waals surface area contributed by atoms with Crippen molar-refractivity contribution in [3.8, 4) is 5.75 Å². The first kappa shape index (κ1) is 16.7. The van der Waals surface area contributed by atoms with Gasteiger partial charge in [0.05, 0.1) is 0 Å². The van der Waals surface area contributed by atoms with E-state index in [9.17, 15) is 5.11 Å². The Balaban J connectivity index is 2.57. The molecule has 0 aliphatic rings. The molecular formula is C18H24N2OS. The Morgan fingerprint density at radius 2 is 1.77 bits per heavy atom. The first-order valence-corrected chi connectivity index (χ1v) is 8.28. The fourth-order valence-electron chi connectivity index (χ4n) is 2.16. The van der Waals surface area contributed by atoms with Gasteiger partial charge in [-0.05, 0) is 22.5 Å². The van der Waals surface area contributed by atoms with E-state index in [1.54, 1.807) is 12.4 Å². The Morgan fingerprint density at radius 3 is 2.27 bits per heavy atom. The molecule has 0 saturated heterocycles. The third kappa shape index (κ3) is 3.74. The molecule has 118 valence electrons. The Labute approximate surface area is 136 Å². The third-order valence-corrected chi connectivity index (χ3v) is 4.23. The summed E-state index contributed by atoms with van der Waals surface area (Å²) in [6, 6.07) is 4.12. The summed E-state index contributed by atoms with van der Waals surface area (Å²) in [6.45, 7) is 12.8. The van der Waals surface area contributed by atoms with E-state index in [0.29, 0.717) is 10.9 Å². The summed E-state index contributed by atoms with van der Waals surface area (Å²) in [6.07, 6.45) is 3.43. The van der Waals surface area contributed by atoms with Crippen molar-refractivity contribution in [2.75, 3.05) is 0 Å². The number of thiazole rings is 1. The molecule has 2 rings (SSSR count). The normalized spacial score (nSPS) is 13.0. The van der Waals surface area contributed by atoms with Crippen molar-refractivity contribution in [2.24, 2.45) is 4.99 Å². The lowest BCUT2D eigenvalue weighted by atomic mass is 9.79. The molecule has 1 aromatic heterocycles. The van der Waals surface area contributed by atoms with E-state index in [2.05, 4.69) is 57.6 Å². The second-order valence-corrected chi connectivity index (χ2v) is 8.41. The van der Waals surface area contributed by atoms with Gasteiger partial charge in [-0.2, -0.15) is 0 Å². The highest BCUT2D eigenvalue weighted by Crippen LogP contribution is 2.37. The number of aliphatic imine (C=N–C) groups is 1. The third-order valence-electron chi connectivity index (χ3n) is 3.55. The number of aromatic hydroxyl groups is 1. The van der Waals surface area contributed by atoms with Gasteiger partial charge in [-0.15, -0.1) is 11.3 Å². The minimum Gasteiger partial charge on any atom is -0.507 e. The van der Waals surface area contributed by atoms with Crippen molar-refractivity contribution in [1.82, 2.24) is 4.98 Å². The van der Waals surface area contributed by atoms with Crippen LogP contribution in [0.25, 0.3) is 0 Å². The minimum atomic E-state index is -0.130. The number of rotatable bonds is 2. The number of nitrogens with zero attached hydrogens (tertiary/aromatic N) is 2. The van der Waals surface area contributed by atoms with Crippen molar-refractivity contribution in [3.63, 3.8) is 0 Å². The first-order valence-electron chi connectivity index (χ1n) is 7.40. The van der Waals surface area contributed by atoms with Gasteiger partial charge in [-0.25, -0.2) is 9.98 Å². The zero-order valence-electron chi connectivity index (χ0n) is 14.1. The van der Waals surface area contributed by atoms with E-state index in [1.165, 1.54) is 16.9 Å². The lowest BCUT2D eigenvalue weighted by Crippen LogP contribution is -2.17. The average Bonchev–Trinajstić information content (AvgIpc) is 2.87. The van der Waals surface area contributed by atoms with Gasteiger partial charge in [0.2, 0.25) is 5.13 Å². The summed E-state index contributed by atoms with van der Waals surface area (Å²) >= 11 is 1.48. The minimum absolute atomic E-state index is 0.0114. The van der Waals surface area contributed by atoms with Gasteiger partial charge in [0.25, 0.3) is 0 Å². The van der Waals surface area contributed by atoms with Crippen LogP contribution in [0.5, 0.6) is 5.75 Å². The van der Waals surface area contributed by atoms with Crippen LogP contribution >= 0.6 is 11.3 Å². The predicted octanol–water partition coefficient (Wildman–Crippen LogP) is 5.19.